The third-order valence-corrected chi connectivity index (χ3v) is 4.22. The van der Waals surface area contributed by atoms with Crippen molar-refractivity contribution < 1.29 is 18.3 Å². The second-order valence-electron chi connectivity index (χ2n) is 5.63. The van der Waals surface area contributed by atoms with E-state index < -0.39 is 6.61 Å². The Morgan fingerprint density at radius 3 is 2.62 bits per heavy atom. The number of carbonyl (C=O) groups is 1. The van der Waals surface area contributed by atoms with Gasteiger partial charge in [-0.2, -0.15) is 13.9 Å². The van der Waals surface area contributed by atoms with Gasteiger partial charge in [0.2, 0.25) is 5.91 Å². The molecule has 0 saturated heterocycles. The van der Waals surface area contributed by atoms with Gasteiger partial charge in [-0.15, -0.1) is 0 Å². The molecule has 0 bridgehead atoms. The minimum atomic E-state index is -2.85. The SMILES string of the molecule is Cc1nn(CCCNC(=O)/C=C\c2ccc(OC(F)F)cc2)c(C)c1Cl. The number of carbonyl (C=O) groups excluding carboxylic acids is 1. The zero-order chi connectivity index (χ0) is 19.1. The number of alkyl halides is 2. The molecule has 2 aromatic rings. The first-order valence-corrected chi connectivity index (χ1v) is 8.45. The molecule has 5 nitrogen and oxygen atoms in total. The smallest absolute Gasteiger partial charge is 0.387 e. The molecule has 0 saturated carbocycles. The van der Waals surface area contributed by atoms with E-state index in [0.29, 0.717) is 23.7 Å². The molecule has 0 unspecified atom stereocenters. The lowest BCUT2D eigenvalue weighted by Gasteiger charge is -2.05. The largest absolute Gasteiger partial charge is 0.435 e. The molecule has 0 aliphatic carbocycles. The summed E-state index contributed by atoms with van der Waals surface area (Å²) in [6.07, 6.45) is 3.71. The van der Waals surface area contributed by atoms with Crippen LogP contribution in [0.3, 0.4) is 0 Å². The Hall–Kier alpha value is -2.41. The van der Waals surface area contributed by atoms with E-state index in [4.69, 9.17) is 11.6 Å². The van der Waals surface area contributed by atoms with Crippen LogP contribution < -0.4 is 10.1 Å². The van der Waals surface area contributed by atoms with Crippen LogP contribution in [0.1, 0.15) is 23.4 Å². The molecule has 2 rings (SSSR count). The summed E-state index contributed by atoms with van der Waals surface area (Å²) in [4.78, 5) is 11.8. The average molecular weight is 384 g/mol. The van der Waals surface area contributed by atoms with E-state index in [1.54, 1.807) is 18.2 Å². The number of hydrogen-bond acceptors (Lipinski definition) is 3. The van der Waals surface area contributed by atoms with Gasteiger partial charge >= 0.3 is 6.61 Å². The summed E-state index contributed by atoms with van der Waals surface area (Å²) < 4.78 is 30.2. The molecule has 8 heteroatoms. The van der Waals surface area contributed by atoms with Crippen LogP contribution in [-0.2, 0) is 11.3 Å². The lowest BCUT2D eigenvalue weighted by molar-refractivity contribution is -0.116. The number of nitrogens with zero attached hydrogens (tertiary/aromatic N) is 2. The zero-order valence-corrected chi connectivity index (χ0v) is 15.3. The van der Waals surface area contributed by atoms with Gasteiger partial charge < -0.3 is 10.1 Å². The van der Waals surface area contributed by atoms with Crippen molar-refractivity contribution in [3.8, 4) is 5.75 Å². The Morgan fingerprint density at radius 1 is 1.35 bits per heavy atom. The molecule has 1 amide bonds. The van der Waals surface area contributed by atoms with Gasteiger partial charge in [-0.3, -0.25) is 9.48 Å². The molecular formula is C18H20ClF2N3O2. The molecule has 0 fully saturated rings. The quantitative estimate of drug-likeness (QED) is 0.554. The van der Waals surface area contributed by atoms with Crippen molar-refractivity contribution in [2.45, 2.75) is 33.4 Å². The van der Waals surface area contributed by atoms with Crippen LogP contribution in [0.5, 0.6) is 5.75 Å². The minimum Gasteiger partial charge on any atom is -0.435 e. The highest BCUT2D eigenvalue weighted by atomic mass is 35.5. The lowest BCUT2D eigenvalue weighted by atomic mass is 10.2. The van der Waals surface area contributed by atoms with Crippen molar-refractivity contribution in [2.24, 2.45) is 0 Å². The highest BCUT2D eigenvalue weighted by molar-refractivity contribution is 6.31. The Morgan fingerprint density at radius 2 is 2.04 bits per heavy atom. The third-order valence-electron chi connectivity index (χ3n) is 3.67. The van der Waals surface area contributed by atoms with E-state index >= 15 is 0 Å². The highest BCUT2D eigenvalue weighted by Gasteiger charge is 2.08. The fourth-order valence-corrected chi connectivity index (χ4v) is 2.46. The third kappa shape index (κ3) is 5.84. The van der Waals surface area contributed by atoms with Crippen LogP contribution in [-0.4, -0.2) is 28.8 Å². The van der Waals surface area contributed by atoms with E-state index in [2.05, 4.69) is 15.2 Å². The molecule has 1 aromatic carbocycles. The van der Waals surface area contributed by atoms with Crippen LogP contribution in [0.25, 0.3) is 6.08 Å². The highest BCUT2D eigenvalue weighted by Crippen LogP contribution is 2.19. The molecule has 0 aliphatic heterocycles. The summed E-state index contributed by atoms with van der Waals surface area (Å²) >= 11 is 6.09. The van der Waals surface area contributed by atoms with E-state index in [1.165, 1.54) is 18.2 Å². The van der Waals surface area contributed by atoms with Crippen LogP contribution in [0.4, 0.5) is 8.78 Å². The van der Waals surface area contributed by atoms with Gasteiger partial charge in [0, 0.05) is 19.2 Å². The van der Waals surface area contributed by atoms with Gasteiger partial charge in [0.1, 0.15) is 5.75 Å². The van der Waals surface area contributed by atoms with Gasteiger partial charge in [-0.25, -0.2) is 0 Å². The number of ether oxygens (including phenoxy) is 1. The van der Waals surface area contributed by atoms with Crippen molar-refractivity contribution >= 4 is 23.6 Å². The first kappa shape index (κ1) is 19.9. The fraction of sp³-hybridized carbons (Fsp3) is 0.333. The Balaban J connectivity index is 1.74. The monoisotopic (exact) mass is 383 g/mol. The van der Waals surface area contributed by atoms with Gasteiger partial charge in [-0.05, 0) is 44.0 Å². The predicted octanol–water partition coefficient (Wildman–Crippen LogP) is 3.97. The summed E-state index contributed by atoms with van der Waals surface area (Å²) in [6.45, 7) is 2.06. The normalized spacial score (nSPS) is 11.3. The second kappa shape index (κ2) is 9.33. The Kier molecular flexibility index (Phi) is 7.15. The number of halogens is 3. The van der Waals surface area contributed by atoms with Gasteiger partial charge in [0.15, 0.2) is 0 Å². The number of nitrogens with one attached hydrogen (secondary N) is 1. The molecule has 0 radical (unpaired) electrons. The lowest BCUT2D eigenvalue weighted by Crippen LogP contribution is -2.23. The molecule has 1 heterocycles. The van der Waals surface area contributed by atoms with Crippen LogP contribution >= 0.6 is 11.6 Å². The van der Waals surface area contributed by atoms with Crippen LogP contribution in [0.2, 0.25) is 5.02 Å². The number of benzene rings is 1. The molecule has 0 spiro atoms. The molecular weight excluding hydrogens is 364 g/mol. The van der Waals surface area contributed by atoms with Crippen LogP contribution in [0.15, 0.2) is 30.3 Å². The Bertz CT molecular complexity index is 773. The molecule has 1 aromatic heterocycles. The number of aromatic nitrogens is 2. The van der Waals surface area contributed by atoms with Crippen LogP contribution in [0, 0.1) is 13.8 Å². The summed E-state index contributed by atoms with van der Waals surface area (Å²) in [5.41, 5.74) is 2.41. The number of amides is 1. The van der Waals surface area contributed by atoms with E-state index in [0.717, 1.165) is 17.8 Å². The maximum atomic E-state index is 12.1. The topological polar surface area (TPSA) is 56.2 Å². The van der Waals surface area contributed by atoms with Gasteiger partial charge in [0.25, 0.3) is 0 Å². The zero-order valence-electron chi connectivity index (χ0n) is 14.5. The standard InChI is InChI=1S/C18H20ClF2N3O2/c1-12-17(19)13(2)24(23-12)11-3-10-22-16(25)9-6-14-4-7-15(8-5-14)26-18(20)21/h4-9,18H,3,10-11H2,1-2H3,(H,22,25)/b9-6-. The molecule has 140 valence electrons. The molecule has 26 heavy (non-hydrogen) atoms. The van der Waals surface area contributed by atoms with Crippen molar-refractivity contribution in [3.63, 3.8) is 0 Å². The fourth-order valence-electron chi connectivity index (χ4n) is 2.32. The molecule has 1 N–H and O–H groups in total. The van der Waals surface area contributed by atoms with Crippen molar-refractivity contribution in [3.05, 3.63) is 52.3 Å². The number of aryl methyl sites for hydroxylation is 2. The van der Waals surface area contributed by atoms with Gasteiger partial charge in [0.05, 0.1) is 16.4 Å². The van der Waals surface area contributed by atoms with Gasteiger partial charge in [-0.1, -0.05) is 23.7 Å². The van der Waals surface area contributed by atoms with E-state index in [-0.39, 0.29) is 11.7 Å². The number of rotatable bonds is 8. The summed E-state index contributed by atoms with van der Waals surface area (Å²) in [7, 11) is 0. The maximum absolute atomic E-state index is 12.1. The molecule has 0 atom stereocenters. The van der Waals surface area contributed by atoms with Crippen molar-refractivity contribution in [2.75, 3.05) is 6.54 Å². The van der Waals surface area contributed by atoms with Crippen molar-refractivity contribution in [1.29, 1.82) is 0 Å². The predicted molar refractivity (Wildman–Crippen MR) is 96.4 cm³/mol. The first-order chi connectivity index (χ1) is 12.4. The summed E-state index contributed by atoms with van der Waals surface area (Å²) in [6, 6.07) is 6.02. The van der Waals surface area contributed by atoms with Crippen molar-refractivity contribution in [1.82, 2.24) is 15.1 Å². The first-order valence-electron chi connectivity index (χ1n) is 8.07. The second-order valence-corrected chi connectivity index (χ2v) is 6.01. The van der Waals surface area contributed by atoms with E-state index in [1.807, 2.05) is 18.5 Å². The Labute approximate surface area is 155 Å². The summed E-state index contributed by atoms with van der Waals surface area (Å²) in [5, 5.41) is 7.77. The average Bonchev–Trinajstić information content (AvgIpc) is 2.84. The van der Waals surface area contributed by atoms with E-state index in [9.17, 15) is 13.6 Å². The maximum Gasteiger partial charge on any atom is 0.387 e. The summed E-state index contributed by atoms with van der Waals surface area (Å²) in [5.74, 6) is -0.157. The molecule has 0 aliphatic rings. The minimum absolute atomic E-state index is 0.0749. The number of hydrogen-bond donors (Lipinski definition) is 1.